The van der Waals surface area contributed by atoms with Gasteiger partial charge in [-0.15, -0.1) is 0 Å². The minimum absolute atomic E-state index is 0.0498. The van der Waals surface area contributed by atoms with Gasteiger partial charge in [0.1, 0.15) is 0 Å². The van der Waals surface area contributed by atoms with Gasteiger partial charge in [0, 0.05) is 43.7 Å². The molecule has 0 radical (unpaired) electrons. The molecule has 7 heteroatoms. The average Bonchev–Trinajstić information content (AvgIpc) is 2.82. The Morgan fingerprint density at radius 1 is 0.935 bits per heavy atom. The lowest BCUT2D eigenvalue weighted by Gasteiger charge is -2.33. The molecule has 6 nitrogen and oxygen atoms in total. The first kappa shape index (κ1) is 23.2. The second-order valence-electron chi connectivity index (χ2n) is 7.61. The summed E-state index contributed by atoms with van der Waals surface area (Å²) in [6.07, 6.45) is 1.60. The van der Waals surface area contributed by atoms with E-state index in [1.807, 2.05) is 54.6 Å². The molecule has 0 atom stereocenters. The van der Waals surface area contributed by atoms with Gasteiger partial charge in [-0.1, -0.05) is 56.3 Å². The Morgan fingerprint density at radius 2 is 1.55 bits per heavy atom. The monoisotopic (exact) mass is 441 g/mol. The first-order valence-electron chi connectivity index (χ1n) is 10.8. The van der Waals surface area contributed by atoms with Gasteiger partial charge in [0.15, 0.2) is 0 Å². The first-order valence-corrected chi connectivity index (χ1v) is 12.3. The van der Waals surface area contributed by atoms with Gasteiger partial charge in [-0.25, -0.2) is 8.42 Å². The second-order valence-corrected chi connectivity index (χ2v) is 9.43. The minimum atomic E-state index is -3.51. The summed E-state index contributed by atoms with van der Waals surface area (Å²) in [6, 6.07) is 17.1. The summed E-state index contributed by atoms with van der Waals surface area (Å²) in [5.74, 6) is -0.0498. The van der Waals surface area contributed by atoms with Crippen molar-refractivity contribution in [1.82, 2.24) is 14.1 Å². The van der Waals surface area contributed by atoms with Gasteiger partial charge in [-0.2, -0.15) is 4.31 Å². The van der Waals surface area contributed by atoms with E-state index in [-0.39, 0.29) is 5.91 Å². The lowest BCUT2D eigenvalue weighted by molar-refractivity contribution is 0.0698. The molecule has 0 aliphatic carbocycles. The van der Waals surface area contributed by atoms with E-state index in [1.54, 1.807) is 11.0 Å². The standard InChI is InChI=1S/C24H31N3O3S/c1-3-25(4-2)20-22-10-12-23(13-11-22)24(28)26-15-17-27(18-16-26)31(29,30)19-14-21-8-6-5-7-9-21/h5-14,19H,3-4,15-18,20H2,1-2H3/b19-14+. The smallest absolute Gasteiger partial charge is 0.253 e. The molecule has 1 saturated heterocycles. The Kier molecular flexibility index (Phi) is 8.01. The van der Waals surface area contributed by atoms with Crippen LogP contribution in [-0.2, 0) is 16.6 Å². The van der Waals surface area contributed by atoms with Crippen LogP contribution < -0.4 is 0 Å². The van der Waals surface area contributed by atoms with Crippen LogP contribution in [-0.4, -0.2) is 67.7 Å². The minimum Gasteiger partial charge on any atom is -0.336 e. The normalized spacial score (nSPS) is 15.6. The summed E-state index contributed by atoms with van der Waals surface area (Å²) in [6.45, 7) is 8.50. The Hall–Kier alpha value is -2.48. The van der Waals surface area contributed by atoms with Crippen molar-refractivity contribution in [2.24, 2.45) is 0 Å². The van der Waals surface area contributed by atoms with Crippen LogP contribution in [0.1, 0.15) is 35.3 Å². The number of rotatable bonds is 8. The molecule has 2 aromatic carbocycles. The summed E-state index contributed by atoms with van der Waals surface area (Å²) in [7, 11) is -3.51. The van der Waals surface area contributed by atoms with Gasteiger partial charge < -0.3 is 4.90 Å². The Balaban J connectivity index is 1.56. The van der Waals surface area contributed by atoms with Crippen molar-refractivity contribution in [3.8, 4) is 0 Å². The van der Waals surface area contributed by atoms with E-state index >= 15 is 0 Å². The van der Waals surface area contributed by atoms with Gasteiger partial charge in [0.25, 0.3) is 5.91 Å². The van der Waals surface area contributed by atoms with Crippen molar-refractivity contribution in [1.29, 1.82) is 0 Å². The van der Waals surface area contributed by atoms with Gasteiger partial charge in [-0.05, 0) is 42.4 Å². The molecule has 31 heavy (non-hydrogen) atoms. The van der Waals surface area contributed by atoms with E-state index in [0.29, 0.717) is 31.7 Å². The van der Waals surface area contributed by atoms with Crippen LogP contribution in [0.3, 0.4) is 0 Å². The van der Waals surface area contributed by atoms with Crippen molar-refractivity contribution in [3.05, 3.63) is 76.7 Å². The fraction of sp³-hybridized carbons (Fsp3) is 0.375. The van der Waals surface area contributed by atoms with Crippen molar-refractivity contribution < 1.29 is 13.2 Å². The molecule has 1 aliphatic rings. The highest BCUT2D eigenvalue weighted by atomic mass is 32.2. The van der Waals surface area contributed by atoms with Gasteiger partial charge in [0.05, 0.1) is 0 Å². The molecule has 0 N–H and O–H groups in total. The van der Waals surface area contributed by atoms with Crippen LogP contribution in [0.5, 0.6) is 0 Å². The summed E-state index contributed by atoms with van der Waals surface area (Å²) < 4.78 is 26.7. The zero-order chi connectivity index (χ0) is 22.3. The Morgan fingerprint density at radius 3 is 2.13 bits per heavy atom. The number of hydrogen-bond acceptors (Lipinski definition) is 4. The Labute approximate surface area is 185 Å². The lowest BCUT2D eigenvalue weighted by atomic mass is 10.1. The highest BCUT2D eigenvalue weighted by Crippen LogP contribution is 2.15. The predicted octanol–water partition coefficient (Wildman–Crippen LogP) is 3.29. The average molecular weight is 442 g/mol. The largest absolute Gasteiger partial charge is 0.336 e. The number of piperazine rings is 1. The number of sulfonamides is 1. The number of hydrogen-bond donors (Lipinski definition) is 0. The molecular weight excluding hydrogens is 410 g/mol. The molecule has 2 aromatic rings. The molecular formula is C24H31N3O3S. The highest BCUT2D eigenvalue weighted by Gasteiger charge is 2.27. The maximum Gasteiger partial charge on any atom is 0.253 e. The molecule has 3 rings (SSSR count). The third-order valence-corrected chi connectivity index (χ3v) is 7.18. The molecule has 0 bridgehead atoms. The van der Waals surface area contributed by atoms with E-state index in [2.05, 4.69) is 18.7 Å². The Bertz CT molecular complexity index is 976. The van der Waals surface area contributed by atoms with E-state index < -0.39 is 10.0 Å². The third-order valence-electron chi connectivity index (χ3n) is 5.62. The van der Waals surface area contributed by atoms with E-state index in [9.17, 15) is 13.2 Å². The fourth-order valence-electron chi connectivity index (χ4n) is 3.60. The van der Waals surface area contributed by atoms with Crippen LogP contribution in [0.4, 0.5) is 0 Å². The molecule has 1 fully saturated rings. The molecule has 166 valence electrons. The van der Waals surface area contributed by atoms with Gasteiger partial charge in [-0.3, -0.25) is 9.69 Å². The second kappa shape index (κ2) is 10.7. The summed E-state index contributed by atoms with van der Waals surface area (Å²) in [5, 5.41) is 1.24. The quantitative estimate of drug-likeness (QED) is 0.631. The third kappa shape index (κ3) is 6.26. The number of benzene rings is 2. The summed E-state index contributed by atoms with van der Waals surface area (Å²) in [4.78, 5) is 16.9. The maximum absolute atomic E-state index is 12.8. The van der Waals surface area contributed by atoms with E-state index in [4.69, 9.17) is 0 Å². The molecule has 0 saturated carbocycles. The van der Waals surface area contributed by atoms with E-state index in [0.717, 1.165) is 25.2 Å². The molecule has 1 amide bonds. The SMILES string of the molecule is CCN(CC)Cc1ccc(C(=O)N2CCN(S(=O)(=O)/C=C/c3ccccc3)CC2)cc1. The van der Waals surface area contributed by atoms with Crippen molar-refractivity contribution in [2.75, 3.05) is 39.3 Å². The summed E-state index contributed by atoms with van der Waals surface area (Å²) in [5.41, 5.74) is 2.66. The molecule has 0 unspecified atom stereocenters. The van der Waals surface area contributed by atoms with Crippen LogP contribution in [0.25, 0.3) is 6.08 Å². The van der Waals surface area contributed by atoms with Crippen molar-refractivity contribution in [2.45, 2.75) is 20.4 Å². The van der Waals surface area contributed by atoms with Crippen LogP contribution >= 0.6 is 0 Å². The summed E-state index contributed by atoms with van der Waals surface area (Å²) >= 11 is 0. The van der Waals surface area contributed by atoms with Gasteiger partial charge in [0.2, 0.25) is 10.0 Å². The number of carbonyl (C=O) groups excluding carboxylic acids is 1. The first-order chi connectivity index (χ1) is 14.9. The maximum atomic E-state index is 12.8. The molecule has 0 spiro atoms. The van der Waals surface area contributed by atoms with Crippen molar-refractivity contribution in [3.63, 3.8) is 0 Å². The fourth-order valence-corrected chi connectivity index (χ4v) is 4.77. The number of amides is 1. The molecule has 1 aliphatic heterocycles. The zero-order valence-electron chi connectivity index (χ0n) is 18.3. The van der Waals surface area contributed by atoms with E-state index in [1.165, 1.54) is 15.3 Å². The predicted molar refractivity (Wildman–Crippen MR) is 125 cm³/mol. The van der Waals surface area contributed by atoms with Crippen LogP contribution in [0.15, 0.2) is 60.0 Å². The lowest BCUT2D eigenvalue weighted by Crippen LogP contribution is -2.50. The van der Waals surface area contributed by atoms with Gasteiger partial charge >= 0.3 is 0 Å². The zero-order valence-corrected chi connectivity index (χ0v) is 19.1. The molecule has 0 aromatic heterocycles. The van der Waals surface area contributed by atoms with Crippen molar-refractivity contribution >= 4 is 22.0 Å². The topological polar surface area (TPSA) is 60.9 Å². The molecule has 1 heterocycles. The van der Waals surface area contributed by atoms with Crippen LogP contribution in [0, 0.1) is 0 Å². The van der Waals surface area contributed by atoms with Crippen LogP contribution in [0.2, 0.25) is 0 Å². The highest BCUT2D eigenvalue weighted by molar-refractivity contribution is 7.92. The number of carbonyl (C=O) groups is 1. The number of nitrogens with zero attached hydrogens (tertiary/aromatic N) is 3.